The summed E-state index contributed by atoms with van der Waals surface area (Å²) in [5.41, 5.74) is 1.49. The SMILES string of the molecule is CN(Cc1cc(C#CCCO)cs1)C(=O)c1cncn1C. The van der Waals surface area contributed by atoms with Crippen molar-refractivity contribution in [1.29, 1.82) is 0 Å². The molecular formula is C15H17N3O2S. The Labute approximate surface area is 127 Å². The van der Waals surface area contributed by atoms with Crippen LogP contribution in [0, 0.1) is 11.8 Å². The molecule has 2 rings (SSSR count). The molecule has 0 aliphatic heterocycles. The first kappa shape index (κ1) is 15.3. The lowest BCUT2D eigenvalue weighted by Crippen LogP contribution is -2.27. The van der Waals surface area contributed by atoms with Crippen molar-refractivity contribution in [3.05, 3.63) is 40.1 Å². The number of amides is 1. The van der Waals surface area contributed by atoms with E-state index in [2.05, 4.69) is 16.8 Å². The molecule has 21 heavy (non-hydrogen) atoms. The normalized spacial score (nSPS) is 10.0. The maximum Gasteiger partial charge on any atom is 0.272 e. The molecule has 5 nitrogen and oxygen atoms in total. The van der Waals surface area contributed by atoms with Crippen LogP contribution in [0.5, 0.6) is 0 Å². The zero-order valence-electron chi connectivity index (χ0n) is 12.0. The van der Waals surface area contributed by atoms with Gasteiger partial charge in [0.15, 0.2) is 0 Å². The third kappa shape index (κ3) is 3.94. The van der Waals surface area contributed by atoms with Crippen molar-refractivity contribution in [2.45, 2.75) is 13.0 Å². The van der Waals surface area contributed by atoms with Gasteiger partial charge in [-0.25, -0.2) is 4.98 Å². The maximum absolute atomic E-state index is 12.3. The minimum Gasteiger partial charge on any atom is -0.395 e. The van der Waals surface area contributed by atoms with Gasteiger partial charge in [-0.1, -0.05) is 11.8 Å². The molecule has 0 saturated heterocycles. The summed E-state index contributed by atoms with van der Waals surface area (Å²) >= 11 is 1.57. The summed E-state index contributed by atoms with van der Waals surface area (Å²) < 4.78 is 1.71. The van der Waals surface area contributed by atoms with Crippen molar-refractivity contribution < 1.29 is 9.90 Å². The molecule has 0 bridgehead atoms. The molecule has 110 valence electrons. The van der Waals surface area contributed by atoms with E-state index in [-0.39, 0.29) is 12.5 Å². The Morgan fingerprint density at radius 2 is 2.38 bits per heavy atom. The molecule has 6 heteroatoms. The molecule has 2 aromatic heterocycles. The van der Waals surface area contributed by atoms with Crippen molar-refractivity contribution in [2.75, 3.05) is 13.7 Å². The van der Waals surface area contributed by atoms with Crippen LogP contribution in [0.1, 0.15) is 27.3 Å². The summed E-state index contributed by atoms with van der Waals surface area (Å²) in [7, 11) is 3.57. The van der Waals surface area contributed by atoms with Crippen LogP contribution in [0.4, 0.5) is 0 Å². The van der Waals surface area contributed by atoms with Gasteiger partial charge in [0.2, 0.25) is 0 Å². The number of thiophene rings is 1. The molecule has 0 atom stereocenters. The first-order chi connectivity index (χ1) is 10.1. The van der Waals surface area contributed by atoms with Crippen molar-refractivity contribution in [3.63, 3.8) is 0 Å². The zero-order valence-corrected chi connectivity index (χ0v) is 12.9. The zero-order chi connectivity index (χ0) is 15.2. The second kappa shape index (κ2) is 7.07. The molecule has 0 aliphatic rings. The predicted octanol–water partition coefficient (Wildman–Crippen LogP) is 1.49. The first-order valence-electron chi connectivity index (χ1n) is 6.50. The Hall–Kier alpha value is -2.10. The number of aryl methyl sites for hydroxylation is 1. The number of aliphatic hydroxyl groups excluding tert-OH is 1. The summed E-state index contributed by atoms with van der Waals surface area (Å²) in [4.78, 5) is 19.0. The molecule has 1 amide bonds. The lowest BCUT2D eigenvalue weighted by molar-refractivity contribution is 0.0777. The van der Waals surface area contributed by atoms with Crippen LogP contribution >= 0.6 is 11.3 Å². The number of carbonyl (C=O) groups is 1. The summed E-state index contributed by atoms with van der Waals surface area (Å²) in [6.07, 6.45) is 3.66. The van der Waals surface area contributed by atoms with Crippen molar-refractivity contribution in [1.82, 2.24) is 14.5 Å². The molecule has 0 saturated carbocycles. The fraction of sp³-hybridized carbons (Fsp3) is 0.333. The summed E-state index contributed by atoms with van der Waals surface area (Å²) in [5, 5.41) is 10.7. The highest BCUT2D eigenvalue weighted by atomic mass is 32.1. The molecule has 0 aromatic carbocycles. The van der Waals surface area contributed by atoms with Gasteiger partial charge in [-0.15, -0.1) is 11.3 Å². The van der Waals surface area contributed by atoms with E-state index in [0.29, 0.717) is 18.7 Å². The minimum absolute atomic E-state index is 0.0590. The van der Waals surface area contributed by atoms with Gasteiger partial charge in [-0.3, -0.25) is 4.79 Å². The van der Waals surface area contributed by atoms with Crippen LogP contribution in [-0.4, -0.2) is 39.1 Å². The smallest absolute Gasteiger partial charge is 0.272 e. The molecule has 0 unspecified atom stereocenters. The molecule has 2 heterocycles. The fourth-order valence-corrected chi connectivity index (χ4v) is 2.68. The van der Waals surface area contributed by atoms with Gasteiger partial charge >= 0.3 is 0 Å². The van der Waals surface area contributed by atoms with E-state index >= 15 is 0 Å². The van der Waals surface area contributed by atoms with Gasteiger partial charge < -0.3 is 14.6 Å². The minimum atomic E-state index is -0.0590. The van der Waals surface area contributed by atoms with Crippen LogP contribution in [0.15, 0.2) is 24.0 Å². The van der Waals surface area contributed by atoms with Gasteiger partial charge in [0.05, 0.1) is 25.7 Å². The third-order valence-corrected chi connectivity index (χ3v) is 3.82. The van der Waals surface area contributed by atoms with Gasteiger partial charge in [-0.05, 0) is 6.07 Å². The van der Waals surface area contributed by atoms with E-state index in [1.54, 1.807) is 47.4 Å². The van der Waals surface area contributed by atoms with E-state index in [1.165, 1.54) is 0 Å². The lowest BCUT2D eigenvalue weighted by atomic mass is 10.3. The van der Waals surface area contributed by atoms with Crippen molar-refractivity contribution >= 4 is 17.2 Å². The number of carbonyl (C=O) groups excluding carboxylic acids is 1. The van der Waals surface area contributed by atoms with E-state index in [9.17, 15) is 4.79 Å². The molecule has 2 aromatic rings. The lowest BCUT2D eigenvalue weighted by Gasteiger charge is -2.16. The molecule has 0 fully saturated rings. The van der Waals surface area contributed by atoms with E-state index in [1.807, 2.05) is 11.4 Å². The van der Waals surface area contributed by atoms with Gasteiger partial charge in [0.1, 0.15) is 5.69 Å². The van der Waals surface area contributed by atoms with Crippen LogP contribution in [0.25, 0.3) is 0 Å². The largest absolute Gasteiger partial charge is 0.395 e. The summed E-state index contributed by atoms with van der Waals surface area (Å²) in [6.45, 7) is 0.613. The van der Waals surface area contributed by atoms with Gasteiger partial charge in [0, 0.05) is 36.3 Å². The Bertz CT molecular complexity index is 678. The highest BCUT2D eigenvalue weighted by Gasteiger charge is 2.15. The van der Waals surface area contributed by atoms with Gasteiger partial charge in [0.25, 0.3) is 5.91 Å². The molecular weight excluding hydrogens is 286 g/mol. The Kier molecular flexibility index (Phi) is 5.14. The van der Waals surface area contributed by atoms with Crippen LogP contribution in [0.3, 0.4) is 0 Å². The molecule has 0 aliphatic carbocycles. The molecule has 0 radical (unpaired) electrons. The van der Waals surface area contributed by atoms with E-state index in [4.69, 9.17) is 5.11 Å². The number of aliphatic hydroxyl groups is 1. The Morgan fingerprint density at radius 3 is 3.05 bits per heavy atom. The maximum atomic E-state index is 12.3. The second-order valence-corrected chi connectivity index (χ2v) is 5.62. The quantitative estimate of drug-likeness (QED) is 0.871. The van der Waals surface area contributed by atoms with Crippen molar-refractivity contribution in [3.8, 4) is 11.8 Å². The molecule has 1 N–H and O–H groups in total. The van der Waals surface area contributed by atoms with Crippen LogP contribution in [-0.2, 0) is 13.6 Å². The number of hydrogen-bond donors (Lipinski definition) is 1. The predicted molar refractivity (Wildman–Crippen MR) is 81.9 cm³/mol. The monoisotopic (exact) mass is 303 g/mol. The molecule has 0 spiro atoms. The first-order valence-corrected chi connectivity index (χ1v) is 7.38. The Balaban J connectivity index is 2.00. The second-order valence-electron chi connectivity index (χ2n) is 4.63. The average molecular weight is 303 g/mol. The van der Waals surface area contributed by atoms with Crippen LogP contribution < -0.4 is 0 Å². The topological polar surface area (TPSA) is 58.4 Å². The fourth-order valence-electron chi connectivity index (χ4n) is 1.81. The van der Waals surface area contributed by atoms with E-state index in [0.717, 1.165) is 10.4 Å². The third-order valence-electron chi connectivity index (χ3n) is 2.90. The highest BCUT2D eigenvalue weighted by molar-refractivity contribution is 7.10. The van der Waals surface area contributed by atoms with Gasteiger partial charge in [-0.2, -0.15) is 0 Å². The number of hydrogen-bond acceptors (Lipinski definition) is 4. The summed E-state index contributed by atoms with van der Waals surface area (Å²) in [6, 6.07) is 1.97. The standard InChI is InChI=1S/C15H17N3O2S/c1-17(15(20)14-8-16-11-18(14)2)9-13-7-12(10-21-13)5-3-4-6-19/h7-8,10-11,19H,4,6,9H2,1-2H3. The van der Waals surface area contributed by atoms with Crippen LogP contribution in [0.2, 0.25) is 0 Å². The average Bonchev–Trinajstić information content (AvgIpc) is 3.07. The summed E-state index contributed by atoms with van der Waals surface area (Å²) in [5.74, 6) is 5.81. The van der Waals surface area contributed by atoms with E-state index < -0.39 is 0 Å². The Morgan fingerprint density at radius 1 is 1.57 bits per heavy atom. The number of rotatable bonds is 4. The number of nitrogens with zero attached hydrogens (tertiary/aromatic N) is 3. The van der Waals surface area contributed by atoms with Crippen molar-refractivity contribution in [2.24, 2.45) is 7.05 Å². The number of imidazole rings is 1. The number of aromatic nitrogens is 2. The highest BCUT2D eigenvalue weighted by Crippen LogP contribution is 2.16.